The van der Waals surface area contributed by atoms with Gasteiger partial charge in [0.1, 0.15) is 0 Å². The Morgan fingerprint density at radius 3 is 2.62 bits per heavy atom. The predicted molar refractivity (Wildman–Crippen MR) is 81.9 cm³/mol. The van der Waals surface area contributed by atoms with Crippen LogP contribution in [0.1, 0.15) is 56.8 Å². The van der Waals surface area contributed by atoms with Gasteiger partial charge in [0, 0.05) is 11.6 Å². The summed E-state index contributed by atoms with van der Waals surface area (Å²) in [5.74, 6) is 0.441. The zero-order valence-corrected chi connectivity index (χ0v) is 12.9. The smallest absolute Gasteiger partial charge is 0.311 e. The fourth-order valence-electron chi connectivity index (χ4n) is 2.11. The first kappa shape index (κ1) is 17.1. The minimum absolute atomic E-state index is 0.145. The third kappa shape index (κ3) is 5.17. The van der Waals surface area contributed by atoms with Gasteiger partial charge in [0.05, 0.1) is 11.5 Å². The summed E-state index contributed by atoms with van der Waals surface area (Å²) in [7, 11) is 0. The molecule has 0 aliphatic carbocycles. The minimum Gasteiger partial charge on any atom is -0.487 e. The van der Waals surface area contributed by atoms with E-state index in [9.17, 15) is 14.9 Å². The summed E-state index contributed by atoms with van der Waals surface area (Å²) >= 11 is 0. The van der Waals surface area contributed by atoms with Crippen molar-refractivity contribution in [2.75, 3.05) is 6.61 Å². The molecule has 0 bridgehead atoms. The van der Waals surface area contributed by atoms with Crippen LogP contribution in [0, 0.1) is 16.0 Å². The second-order valence-electron chi connectivity index (χ2n) is 5.22. The number of carbonyl (C=O) groups excluding carboxylic acids is 1. The molecule has 1 unspecified atom stereocenters. The number of Topliss-reactive ketones (excluding diaryl/α,β-unsaturated/α-hetero) is 1. The van der Waals surface area contributed by atoms with Crippen LogP contribution in [0.5, 0.6) is 5.75 Å². The van der Waals surface area contributed by atoms with E-state index < -0.39 is 4.92 Å². The largest absolute Gasteiger partial charge is 0.487 e. The molecule has 116 valence electrons. The molecule has 0 spiro atoms. The van der Waals surface area contributed by atoms with Gasteiger partial charge in [-0.05, 0) is 31.4 Å². The number of carbonyl (C=O) groups is 1. The van der Waals surface area contributed by atoms with Gasteiger partial charge in [-0.15, -0.1) is 0 Å². The number of hydrogen-bond donors (Lipinski definition) is 0. The first-order chi connectivity index (χ1) is 9.99. The van der Waals surface area contributed by atoms with Gasteiger partial charge in [-0.1, -0.05) is 33.1 Å². The van der Waals surface area contributed by atoms with Crippen molar-refractivity contribution in [2.45, 2.75) is 46.5 Å². The SMILES string of the molecule is CCCCC(CC)COc1ccc(C(C)=O)cc1[N+](=O)[O-]. The van der Waals surface area contributed by atoms with Gasteiger partial charge in [0.15, 0.2) is 11.5 Å². The Morgan fingerprint density at radius 2 is 2.10 bits per heavy atom. The number of nitro groups is 1. The zero-order chi connectivity index (χ0) is 15.8. The van der Waals surface area contributed by atoms with Crippen molar-refractivity contribution in [1.29, 1.82) is 0 Å². The topological polar surface area (TPSA) is 69.4 Å². The van der Waals surface area contributed by atoms with Gasteiger partial charge in [0.2, 0.25) is 0 Å². The maximum atomic E-state index is 11.3. The Morgan fingerprint density at radius 1 is 1.38 bits per heavy atom. The van der Waals surface area contributed by atoms with Crippen molar-refractivity contribution in [3.8, 4) is 5.75 Å². The summed E-state index contributed by atoms with van der Waals surface area (Å²) in [5.41, 5.74) is 0.181. The number of nitrogens with zero attached hydrogens (tertiary/aromatic N) is 1. The van der Waals surface area contributed by atoms with E-state index in [0.29, 0.717) is 18.1 Å². The fraction of sp³-hybridized carbons (Fsp3) is 0.562. The number of nitro benzene ring substituents is 1. The van der Waals surface area contributed by atoms with Crippen LogP contribution in [0.4, 0.5) is 5.69 Å². The standard InChI is InChI=1S/C16H23NO4/c1-4-6-7-13(5-2)11-21-16-9-8-14(12(3)18)10-15(16)17(19)20/h8-10,13H,4-7,11H2,1-3H3. The van der Waals surface area contributed by atoms with E-state index in [2.05, 4.69) is 13.8 Å². The number of unbranched alkanes of at least 4 members (excludes halogenated alkanes) is 1. The monoisotopic (exact) mass is 293 g/mol. The summed E-state index contributed by atoms with van der Waals surface area (Å²) in [6, 6.07) is 4.36. The molecule has 0 radical (unpaired) electrons. The van der Waals surface area contributed by atoms with Crippen molar-refractivity contribution in [3.63, 3.8) is 0 Å². The molecule has 1 aromatic carbocycles. The van der Waals surface area contributed by atoms with E-state index in [1.165, 1.54) is 19.1 Å². The predicted octanol–water partition coefficient (Wildman–Crippen LogP) is 4.39. The maximum Gasteiger partial charge on any atom is 0.311 e. The second-order valence-corrected chi connectivity index (χ2v) is 5.22. The molecule has 0 N–H and O–H groups in total. The summed E-state index contributed by atoms with van der Waals surface area (Å²) < 4.78 is 5.63. The van der Waals surface area contributed by atoms with E-state index in [1.54, 1.807) is 6.07 Å². The Kier molecular flexibility index (Phi) is 6.85. The zero-order valence-electron chi connectivity index (χ0n) is 12.9. The van der Waals surface area contributed by atoms with E-state index in [1.807, 2.05) is 0 Å². The molecular formula is C16H23NO4. The number of ketones is 1. The Labute approximate surface area is 125 Å². The molecular weight excluding hydrogens is 270 g/mol. The molecule has 0 aromatic heterocycles. The van der Waals surface area contributed by atoms with Crippen molar-refractivity contribution in [2.24, 2.45) is 5.92 Å². The van der Waals surface area contributed by atoms with E-state index in [4.69, 9.17) is 4.74 Å². The van der Waals surface area contributed by atoms with Crippen LogP contribution in [0.2, 0.25) is 0 Å². The van der Waals surface area contributed by atoms with Crippen LogP contribution in [0.25, 0.3) is 0 Å². The van der Waals surface area contributed by atoms with Crippen LogP contribution in [0.3, 0.4) is 0 Å². The molecule has 0 fully saturated rings. The lowest BCUT2D eigenvalue weighted by Gasteiger charge is -2.15. The van der Waals surface area contributed by atoms with Gasteiger partial charge in [-0.25, -0.2) is 0 Å². The Balaban J connectivity index is 2.82. The molecule has 0 saturated carbocycles. The van der Waals surface area contributed by atoms with Crippen LogP contribution >= 0.6 is 0 Å². The highest BCUT2D eigenvalue weighted by molar-refractivity contribution is 5.95. The molecule has 0 amide bonds. The number of benzene rings is 1. The lowest BCUT2D eigenvalue weighted by atomic mass is 10.0. The van der Waals surface area contributed by atoms with Gasteiger partial charge < -0.3 is 4.74 Å². The van der Waals surface area contributed by atoms with Crippen molar-refractivity contribution >= 4 is 11.5 Å². The van der Waals surface area contributed by atoms with Gasteiger partial charge in [-0.3, -0.25) is 14.9 Å². The fourth-order valence-corrected chi connectivity index (χ4v) is 2.11. The van der Waals surface area contributed by atoms with Crippen LogP contribution < -0.4 is 4.74 Å². The number of ether oxygens (including phenoxy) is 1. The third-order valence-electron chi connectivity index (χ3n) is 3.58. The number of rotatable bonds is 9. The molecule has 5 nitrogen and oxygen atoms in total. The lowest BCUT2D eigenvalue weighted by Crippen LogP contribution is -2.12. The molecule has 0 aliphatic heterocycles. The molecule has 0 saturated heterocycles. The highest BCUT2D eigenvalue weighted by Crippen LogP contribution is 2.29. The van der Waals surface area contributed by atoms with Gasteiger partial charge in [-0.2, -0.15) is 0 Å². The second kappa shape index (κ2) is 8.39. The molecule has 1 atom stereocenters. The van der Waals surface area contributed by atoms with Crippen LogP contribution in [0.15, 0.2) is 18.2 Å². The molecule has 0 heterocycles. The highest BCUT2D eigenvalue weighted by Gasteiger charge is 2.18. The van der Waals surface area contributed by atoms with E-state index in [-0.39, 0.29) is 17.2 Å². The lowest BCUT2D eigenvalue weighted by molar-refractivity contribution is -0.385. The highest BCUT2D eigenvalue weighted by atomic mass is 16.6. The minimum atomic E-state index is -0.505. The maximum absolute atomic E-state index is 11.3. The summed E-state index contributed by atoms with van der Waals surface area (Å²) in [6.45, 7) is 6.09. The Hall–Kier alpha value is -1.91. The molecule has 1 aromatic rings. The van der Waals surface area contributed by atoms with Gasteiger partial charge in [0.25, 0.3) is 0 Å². The van der Waals surface area contributed by atoms with E-state index >= 15 is 0 Å². The molecule has 21 heavy (non-hydrogen) atoms. The molecule has 0 aliphatic rings. The van der Waals surface area contributed by atoms with Crippen LogP contribution in [-0.4, -0.2) is 17.3 Å². The molecule has 1 rings (SSSR count). The third-order valence-corrected chi connectivity index (χ3v) is 3.58. The normalized spacial score (nSPS) is 12.0. The van der Waals surface area contributed by atoms with E-state index in [0.717, 1.165) is 25.7 Å². The van der Waals surface area contributed by atoms with Crippen molar-refractivity contribution in [3.05, 3.63) is 33.9 Å². The Bertz CT molecular complexity index is 499. The van der Waals surface area contributed by atoms with Crippen LogP contribution in [-0.2, 0) is 0 Å². The first-order valence-electron chi connectivity index (χ1n) is 7.41. The average molecular weight is 293 g/mol. The quantitative estimate of drug-likeness (QED) is 0.384. The summed E-state index contributed by atoms with van der Waals surface area (Å²) in [6.07, 6.45) is 4.31. The van der Waals surface area contributed by atoms with Crippen molar-refractivity contribution < 1.29 is 14.5 Å². The number of hydrogen-bond acceptors (Lipinski definition) is 4. The average Bonchev–Trinajstić information content (AvgIpc) is 2.47. The molecule has 5 heteroatoms. The summed E-state index contributed by atoms with van der Waals surface area (Å²) in [5, 5.41) is 11.1. The first-order valence-corrected chi connectivity index (χ1v) is 7.41. The van der Waals surface area contributed by atoms with Gasteiger partial charge >= 0.3 is 5.69 Å². The van der Waals surface area contributed by atoms with Crippen molar-refractivity contribution in [1.82, 2.24) is 0 Å². The summed E-state index contributed by atoms with van der Waals surface area (Å²) in [4.78, 5) is 21.9.